The van der Waals surface area contributed by atoms with Gasteiger partial charge in [-0.05, 0) is 17.7 Å². The van der Waals surface area contributed by atoms with Gasteiger partial charge in [0, 0.05) is 25.8 Å². The molecule has 0 heterocycles. The predicted molar refractivity (Wildman–Crippen MR) is 70.3 cm³/mol. The third-order valence-electron chi connectivity index (χ3n) is 2.52. The smallest absolute Gasteiger partial charge is 0.254 e. The number of aliphatic hydroxyl groups is 1. The minimum absolute atomic E-state index is 0.0542. The monoisotopic (exact) mass is 249 g/mol. The molecule has 1 aromatic carbocycles. The van der Waals surface area contributed by atoms with Crippen molar-refractivity contribution in [2.24, 2.45) is 0 Å². The van der Waals surface area contributed by atoms with Crippen LogP contribution < -0.4 is 0 Å². The number of benzene rings is 1. The molecule has 0 saturated carbocycles. The van der Waals surface area contributed by atoms with Gasteiger partial charge in [0.25, 0.3) is 5.91 Å². The minimum Gasteiger partial charge on any atom is -0.395 e. The molecule has 1 N–H and O–H groups in total. The molecule has 1 amide bonds. The maximum atomic E-state index is 12.1. The summed E-state index contributed by atoms with van der Waals surface area (Å²) in [4.78, 5) is 13.7. The van der Waals surface area contributed by atoms with Gasteiger partial charge >= 0.3 is 0 Å². The van der Waals surface area contributed by atoms with Gasteiger partial charge < -0.3 is 14.7 Å². The van der Waals surface area contributed by atoms with Crippen LogP contribution in [0.15, 0.2) is 36.9 Å². The zero-order chi connectivity index (χ0) is 13.4. The van der Waals surface area contributed by atoms with Gasteiger partial charge in [0.1, 0.15) is 0 Å². The first-order valence-corrected chi connectivity index (χ1v) is 5.81. The van der Waals surface area contributed by atoms with Crippen molar-refractivity contribution >= 4 is 5.91 Å². The molecular formula is C14H19NO3. The maximum Gasteiger partial charge on any atom is 0.254 e. The Kier molecular flexibility index (Phi) is 6.11. The van der Waals surface area contributed by atoms with Gasteiger partial charge in [0.15, 0.2) is 0 Å². The van der Waals surface area contributed by atoms with Crippen LogP contribution in [-0.4, -0.2) is 42.7 Å². The molecule has 0 radical (unpaired) electrons. The summed E-state index contributed by atoms with van der Waals surface area (Å²) in [5.41, 5.74) is 1.62. The SMILES string of the molecule is C=CCN(CCO)C(=O)c1ccc(COC)cc1. The van der Waals surface area contributed by atoms with Gasteiger partial charge in [-0.3, -0.25) is 4.79 Å². The number of hydrogen-bond donors (Lipinski definition) is 1. The van der Waals surface area contributed by atoms with Gasteiger partial charge in [0.2, 0.25) is 0 Å². The zero-order valence-electron chi connectivity index (χ0n) is 10.6. The summed E-state index contributed by atoms with van der Waals surface area (Å²) in [5, 5.41) is 8.93. The van der Waals surface area contributed by atoms with Crippen LogP contribution in [0.25, 0.3) is 0 Å². The molecule has 4 heteroatoms. The average molecular weight is 249 g/mol. The Labute approximate surface area is 107 Å². The fourth-order valence-corrected chi connectivity index (χ4v) is 1.65. The number of amides is 1. The molecule has 0 saturated heterocycles. The van der Waals surface area contributed by atoms with Crippen molar-refractivity contribution in [2.45, 2.75) is 6.61 Å². The van der Waals surface area contributed by atoms with E-state index in [1.165, 1.54) is 0 Å². The second kappa shape index (κ2) is 7.63. The molecule has 18 heavy (non-hydrogen) atoms. The van der Waals surface area contributed by atoms with Gasteiger partial charge in [-0.1, -0.05) is 18.2 Å². The lowest BCUT2D eigenvalue weighted by Gasteiger charge is -2.20. The number of carbonyl (C=O) groups excluding carboxylic acids is 1. The number of rotatable bonds is 7. The molecule has 0 spiro atoms. The van der Waals surface area contributed by atoms with Crippen LogP contribution in [0.2, 0.25) is 0 Å². The number of hydrogen-bond acceptors (Lipinski definition) is 3. The molecule has 0 bridgehead atoms. The molecule has 1 rings (SSSR count). The van der Waals surface area contributed by atoms with E-state index in [0.717, 1.165) is 5.56 Å². The molecule has 0 aromatic heterocycles. The maximum absolute atomic E-state index is 12.1. The number of methoxy groups -OCH3 is 1. The first-order chi connectivity index (χ1) is 8.72. The summed E-state index contributed by atoms with van der Waals surface area (Å²) in [6.45, 7) is 4.82. The molecule has 0 atom stereocenters. The zero-order valence-corrected chi connectivity index (χ0v) is 10.6. The van der Waals surface area contributed by atoms with E-state index >= 15 is 0 Å². The average Bonchev–Trinajstić information content (AvgIpc) is 2.39. The first kappa shape index (κ1) is 14.4. The van der Waals surface area contributed by atoms with E-state index in [1.807, 2.05) is 12.1 Å². The summed E-state index contributed by atoms with van der Waals surface area (Å²) in [6.07, 6.45) is 1.65. The highest BCUT2D eigenvalue weighted by molar-refractivity contribution is 5.94. The molecular weight excluding hydrogens is 230 g/mol. The van der Waals surface area contributed by atoms with E-state index in [0.29, 0.717) is 25.3 Å². The summed E-state index contributed by atoms with van der Waals surface area (Å²) in [7, 11) is 1.63. The normalized spacial score (nSPS) is 10.1. The Morgan fingerprint density at radius 1 is 1.44 bits per heavy atom. The van der Waals surface area contributed by atoms with Crippen molar-refractivity contribution in [3.63, 3.8) is 0 Å². The van der Waals surface area contributed by atoms with Gasteiger partial charge in [-0.15, -0.1) is 6.58 Å². The Morgan fingerprint density at radius 2 is 2.11 bits per heavy atom. The van der Waals surface area contributed by atoms with Crippen LogP contribution in [0.5, 0.6) is 0 Å². The van der Waals surface area contributed by atoms with Gasteiger partial charge in [-0.2, -0.15) is 0 Å². The van der Waals surface area contributed by atoms with Crippen molar-refractivity contribution in [3.8, 4) is 0 Å². The molecule has 0 fully saturated rings. The van der Waals surface area contributed by atoms with Crippen LogP contribution in [0.4, 0.5) is 0 Å². The topological polar surface area (TPSA) is 49.8 Å². The predicted octanol–water partition coefficient (Wildman–Crippen LogP) is 1.45. The Balaban J connectivity index is 2.77. The van der Waals surface area contributed by atoms with Crippen molar-refractivity contribution in [1.29, 1.82) is 0 Å². The second-order valence-corrected chi connectivity index (χ2v) is 3.89. The van der Waals surface area contributed by atoms with Crippen LogP contribution >= 0.6 is 0 Å². The van der Waals surface area contributed by atoms with Crippen molar-refractivity contribution in [2.75, 3.05) is 26.8 Å². The summed E-state index contributed by atoms with van der Waals surface area (Å²) >= 11 is 0. The van der Waals surface area contributed by atoms with Gasteiger partial charge in [-0.25, -0.2) is 0 Å². The Hall–Kier alpha value is -1.65. The molecule has 1 aromatic rings. The lowest BCUT2D eigenvalue weighted by Crippen LogP contribution is -2.33. The second-order valence-electron chi connectivity index (χ2n) is 3.89. The van der Waals surface area contributed by atoms with E-state index in [-0.39, 0.29) is 12.5 Å². The number of aliphatic hydroxyl groups excluding tert-OH is 1. The van der Waals surface area contributed by atoms with Gasteiger partial charge in [0.05, 0.1) is 13.2 Å². The summed E-state index contributed by atoms with van der Waals surface area (Å²) in [5.74, 6) is -0.104. The highest BCUT2D eigenvalue weighted by atomic mass is 16.5. The Bertz CT molecular complexity index is 387. The molecule has 98 valence electrons. The lowest BCUT2D eigenvalue weighted by molar-refractivity contribution is 0.0743. The Morgan fingerprint density at radius 3 is 2.61 bits per heavy atom. The number of carbonyl (C=O) groups is 1. The largest absolute Gasteiger partial charge is 0.395 e. The van der Waals surface area contributed by atoms with E-state index in [1.54, 1.807) is 30.2 Å². The fourth-order valence-electron chi connectivity index (χ4n) is 1.65. The van der Waals surface area contributed by atoms with E-state index < -0.39 is 0 Å². The number of nitrogens with zero attached hydrogens (tertiary/aromatic N) is 1. The highest BCUT2D eigenvalue weighted by Crippen LogP contribution is 2.08. The standard InChI is InChI=1S/C14H19NO3/c1-3-8-15(9-10-16)14(17)13-6-4-12(5-7-13)11-18-2/h3-7,16H,1,8-11H2,2H3. The van der Waals surface area contributed by atoms with E-state index in [4.69, 9.17) is 9.84 Å². The molecule has 4 nitrogen and oxygen atoms in total. The van der Waals surface area contributed by atoms with Crippen molar-refractivity contribution in [3.05, 3.63) is 48.0 Å². The van der Waals surface area contributed by atoms with E-state index in [2.05, 4.69) is 6.58 Å². The van der Waals surface area contributed by atoms with Crippen LogP contribution in [0, 0.1) is 0 Å². The van der Waals surface area contributed by atoms with Crippen LogP contribution in [0.1, 0.15) is 15.9 Å². The molecule has 0 aliphatic heterocycles. The van der Waals surface area contributed by atoms with Crippen LogP contribution in [-0.2, 0) is 11.3 Å². The summed E-state index contributed by atoms with van der Waals surface area (Å²) in [6, 6.07) is 7.26. The molecule has 0 unspecified atom stereocenters. The highest BCUT2D eigenvalue weighted by Gasteiger charge is 2.13. The van der Waals surface area contributed by atoms with E-state index in [9.17, 15) is 4.79 Å². The minimum atomic E-state index is -0.104. The third-order valence-corrected chi connectivity index (χ3v) is 2.52. The summed E-state index contributed by atoms with van der Waals surface area (Å²) < 4.78 is 5.01. The quantitative estimate of drug-likeness (QED) is 0.744. The van der Waals surface area contributed by atoms with Crippen molar-refractivity contribution in [1.82, 2.24) is 4.90 Å². The first-order valence-electron chi connectivity index (χ1n) is 5.81. The lowest BCUT2D eigenvalue weighted by atomic mass is 10.1. The third kappa shape index (κ3) is 3.98. The number of ether oxygens (including phenoxy) is 1. The van der Waals surface area contributed by atoms with Crippen LogP contribution in [0.3, 0.4) is 0 Å². The molecule has 0 aliphatic rings. The van der Waals surface area contributed by atoms with Crippen molar-refractivity contribution < 1.29 is 14.6 Å². The fraction of sp³-hybridized carbons (Fsp3) is 0.357. The molecule has 0 aliphatic carbocycles.